The van der Waals surface area contributed by atoms with Gasteiger partial charge in [-0.3, -0.25) is 4.90 Å². The zero-order valence-electron chi connectivity index (χ0n) is 27.9. The van der Waals surface area contributed by atoms with Gasteiger partial charge in [-0.2, -0.15) is 0 Å². The first-order chi connectivity index (χ1) is 15.5. The van der Waals surface area contributed by atoms with Crippen molar-refractivity contribution in [2.75, 3.05) is 55.0 Å². The van der Waals surface area contributed by atoms with E-state index in [0.717, 1.165) is 6.67 Å². The Morgan fingerprint density at radius 1 is 0.594 bits per heavy atom. The van der Waals surface area contributed by atoms with Crippen molar-refractivity contribution in [1.82, 2.24) is 15.1 Å². The van der Waals surface area contributed by atoms with Crippen molar-refractivity contribution in [3.8, 4) is 0 Å². The summed E-state index contributed by atoms with van der Waals surface area (Å²) < 4.78 is 0. The van der Waals surface area contributed by atoms with Gasteiger partial charge in [-0.05, 0) is 54.7 Å². The molecular weight excluding hydrogens is 392 g/mol. The first-order valence-electron chi connectivity index (χ1n) is 14.0. The van der Waals surface area contributed by atoms with E-state index in [0.29, 0.717) is 0 Å². The van der Waals surface area contributed by atoms with Crippen molar-refractivity contribution < 1.29 is 0 Å². The third-order valence-corrected chi connectivity index (χ3v) is 2.16. The highest BCUT2D eigenvalue weighted by Gasteiger charge is 1.91. The SMILES string of the molecule is CC.CC.CC.CC.CC.CC.CCC.CCCCCN(C)CC.CN.CNCN(C)C. The summed E-state index contributed by atoms with van der Waals surface area (Å²) in [6, 6.07) is 0. The summed E-state index contributed by atoms with van der Waals surface area (Å²) in [5.41, 5.74) is 4.50. The molecule has 0 aromatic carbocycles. The fraction of sp³-hybridized carbons (Fsp3) is 1.00. The summed E-state index contributed by atoms with van der Waals surface area (Å²) in [6.07, 6.45) is 5.32. The molecule has 3 N–H and O–H groups in total. The molecular formula is C28H80N4. The van der Waals surface area contributed by atoms with E-state index in [2.05, 4.69) is 55.6 Å². The van der Waals surface area contributed by atoms with Crippen LogP contribution in [0.4, 0.5) is 0 Å². The number of unbranched alkanes of at least 4 members (excludes halogenated alkanes) is 2. The van der Waals surface area contributed by atoms with Crippen LogP contribution in [0.5, 0.6) is 0 Å². The molecule has 0 saturated heterocycles. The molecule has 0 unspecified atom stereocenters. The molecule has 0 aliphatic heterocycles. The monoisotopic (exact) mass is 473 g/mol. The lowest BCUT2D eigenvalue weighted by atomic mass is 10.2. The van der Waals surface area contributed by atoms with Gasteiger partial charge in [0.1, 0.15) is 0 Å². The number of nitrogens with zero attached hydrogens (tertiary/aromatic N) is 2. The van der Waals surface area contributed by atoms with E-state index in [1.807, 2.05) is 104 Å². The largest absolute Gasteiger partial charge is 0.333 e. The second-order valence-electron chi connectivity index (χ2n) is 4.90. The molecule has 4 heteroatoms. The van der Waals surface area contributed by atoms with Crippen LogP contribution in [0.15, 0.2) is 0 Å². The first kappa shape index (κ1) is 63.5. The lowest BCUT2D eigenvalue weighted by molar-refractivity contribution is 0.343. The fourth-order valence-electron chi connectivity index (χ4n) is 1.11. The van der Waals surface area contributed by atoms with E-state index in [1.165, 1.54) is 45.8 Å². The molecule has 0 aromatic rings. The molecule has 0 radical (unpaired) electrons. The Morgan fingerprint density at radius 3 is 1.00 bits per heavy atom. The summed E-state index contributed by atoms with van der Waals surface area (Å²) in [6.45, 7) is 36.1. The normalized spacial score (nSPS) is 6.75. The van der Waals surface area contributed by atoms with Gasteiger partial charge in [0.25, 0.3) is 0 Å². The maximum absolute atomic E-state index is 4.50. The van der Waals surface area contributed by atoms with E-state index >= 15 is 0 Å². The second kappa shape index (κ2) is 143. The summed E-state index contributed by atoms with van der Waals surface area (Å²) >= 11 is 0. The Labute approximate surface area is 212 Å². The number of hydrogen-bond acceptors (Lipinski definition) is 4. The zero-order chi connectivity index (χ0) is 28.8. The van der Waals surface area contributed by atoms with E-state index in [4.69, 9.17) is 0 Å². The molecule has 0 aromatic heterocycles. The smallest absolute Gasteiger partial charge is 0.0472 e. The second-order valence-corrected chi connectivity index (χ2v) is 4.90. The Bertz CT molecular complexity index is 122. The quantitative estimate of drug-likeness (QED) is 0.286. The fourth-order valence-corrected chi connectivity index (χ4v) is 1.11. The van der Waals surface area contributed by atoms with Crippen LogP contribution in [0, 0.1) is 0 Å². The van der Waals surface area contributed by atoms with E-state index < -0.39 is 0 Å². The van der Waals surface area contributed by atoms with E-state index in [1.54, 1.807) is 0 Å². The minimum atomic E-state index is 0.958. The molecule has 0 aliphatic carbocycles. The van der Waals surface area contributed by atoms with Gasteiger partial charge in [0.05, 0.1) is 0 Å². The topological polar surface area (TPSA) is 44.5 Å². The van der Waals surface area contributed by atoms with Crippen LogP contribution in [0.3, 0.4) is 0 Å². The van der Waals surface area contributed by atoms with Crippen LogP contribution in [0.2, 0.25) is 0 Å². The van der Waals surface area contributed by atoms with Crippen LogP contribution in [0.25, 0.3) is 0 Å². The average molecular weight is 473 g/mol. The molecule has 0 fully saturated rings. The predicted octanol–water partition coefficient (Wildman–Crippen LogP) is 9.00. The van der Waals surface area contributed by atoms with Crippen molar-refractivity contribution >= 4 is 0 Å². The first-order valence-corrected chi connectivity index (χ1v) is 14.0. The summed E-state index contributed by atoms with van der Waals surface area (Å²) in [7, 11) is 9.66. The molecule has 4 nitrogen and oxygen atoms in total. The number of nitrogens with two attached hydrogens (primary N) is 1. The van der Waals surface area contributed by atoms with Gasteiger partial charge in [-0.1, -0.05) is 130 Å². The zero-order valence-corrected chi connectivity index (χ0v) is 27.9. The molecule has 0 amide bonds. The predicted molar refractivity (Wildman–Crippen MR) is 164 cm³/mol. The van der Waals surface area contributed by atoms with Crippen LogP contribution < -0.4 is 11.1 Å². The van der Waals surface area contributed by atoms with Gasteiger partial charge in [0, 0.05) is 6.67 Å². The molecule has 212 valence electrons. The molecule has 0 aliphatic rings. The van der Waals surface area contributed by atoms with E-state index in [9.17, 15) is 0 Å². The van der Waals surface area contributed by atoms with Gasteiger partial charge >= 0.3 is 0 Å². The lowest BCUT2D eigenvalue weighted by Gasteiger charge is -2.12. The number of nitrogens with one attached hydrogen (secondary N) is 1. The Kier molecular flexibility index (Phi) is 284. The maximum atomic E-state index is 4.50. The molecule has 0 spiro atoms. The highest BCUT2D eigenvalue weighted by atomic mass is 15.2. The average Bonchev–Trinajstić information content (AvgIpc) is 2.88. The van der Waals surface area contributed by atoms with Crippen molar-refractivity contribution in [1.29, 1.82) is 0 Å². The third kappa shape index (κ3) is 256. The maximum Gasteiger partial charge on any atom is 0.0472 e. The molecule has 0 saturated carbocycles. The van der Waals surface area contributed by atoms with Crippen LogP contribution in [0.1, 0.15) is 136 Å². The Balaban J connectivity index is -0.0000000232. The minimum absolute atomic E-state index is 0.958. The number of hydrogen-bond donors (Lipinski definition) is 2. The Hall–Kier alpha value is -0.160. The van der Waals surface area contributed by atoms with Crippen molar-refractivity contribution in [2.24, 2.45) is 5.73 Å². The molecule has 32 heavy (non-hydrogen) atoms. The van der Waals surface area contributed by atoms with Crippen LogP contribution >= 0.6 is 0 Å². The van der Waals surface area contributed by atoms with Gasteiger partial charge in [0.2, 0.25) is 0 Å². The molecule has 0 heterocycles. The minimum Gasteiger partial charge on any atom is -0.333 e. The summed E-state index contributed by atoms with van der Waals surface area (Å²) in [5, 5.41) is 2.99. The van der Waals surface area contributed by atoms with Gasteiger partial charge in [0.15, 0.2) is 0 Å². The van der Waals surface area contributed by atoms with Crippen LogP contribution in [-0.4, -0.2) is 64.8 Å². The molecule has 0 rings (SSSR count). The Morgan fingerprint density at radius 2 is 0.875 bits per heavy atom. The van der Waals surface area contributed by atoms with Crippen molar-refractivity contribution in [2.45, 2.75) is 136 Å². The highest BCUT2D eigenvalue weighted by molar-refractivity contribution is 4.46. The number of rotatable bonds is 7. The molecule has 0 bridgehead atoms. The van der Waals surface area contributed by atoms with Crippen molar-refractivity contribution in [3.05, 3.63) is 0 Å². The third-order valence-electron chi connectivity index (χ3n) is 2.16. The van der Waals surface area contributed by atoms with Gasteiger partial charge in [-0.25, -0.2) is 0 Å². The standard InChI is InChI=1S/C8H19N.C4H12N2.C3H8.6C2H6.CH5N/c1-4-6-7-8-9(3)5-2;1-5-4-6(2)3;1-3-2;7*1-2/h4-8H2,1-3H3;5H,4H2,1-3H3;3H2,1-2H3;6*1-2H3;2H2,1H3. The van der Waals surface area contributed by atoms with Gasteiger partial charge in [-0.15, -0.1) is 0 Å². The summed E-state index contributed by atoms with van der Waals surface area (Å²) in [5.74, 6) is 0. The van der Waals surface area contributed by atoms with Crippen LogP contribution in [-0.2, 0) is 0 Å². The lowest BCUT2D eigenvalue weighted by Crippen LogP contribution is -2.24. The van der Waals surface area contributed by atoms with Crippen molar-refractivity contribution in [3.63, 3.8) is 0 Å². The van der Waals surface area contributed by atoms with E-state index in [-0.39, 0.29) is 0 Å². The molecule has 0 atom stereocenters. The summed E-state index contributed by atoms with van der Waals surface area (Å²) in [4.78, 5) is 4.43. The highest BCUT2D eigenvalue weighted by Crippen LogP contribution is 1.94. The van der Waals surface area contributed by atoms with Gasteiger partial charge < -0.3 is 16.0 Å².